The molecule has 3 rings (SSSR count). The zero-order valence-corrected chi connectivity index (χ0v) is 16.6. The summed E-state index contributed by atoms with van der Waals surface area (Å²) in [6, 6.07) is 12.5. The Labute approximate surface area is 167 Å². The van der Waals surface area contributed by atoms with Gasteiger partial charge < -0.3 is 18.9 Å². The van der Waals surface area contributed by atoms with Gasteiger partial charge >= 0.3 is 0 Å². The zero-order chi connectivity index (χ0) is 20.1. The highest BCUT2D eigenvalue weighted by Crippen LogP contribution is 2.28. The van der Waals surface area contributed by atoms with Crippen LogP contribution in [0.3, 0.4) is 0 Å². The van der Waals surface area contributed by atoms with E-state index in [0.717, 1.165) is 11.1 Å². The molecule has 1 heterocycles. The van der Waals surface area contributed by atoms with Crippen LogP contribution in [0.15, 0.2) is 47.0 Å². The number of nitrogens with zero attached hydrogens (tertiary/aromatic N) is 3. The molecular formula is C20H20ClN3O4. The second kappa shape index (κ2) is 8.75. The molecule has 0 atom stereocenters. The molecular weight excluding hydrogens is 382 g/mol. The van der Waals surface area contributed by atoms with Gasteiger partial charge in [-0.25, -0.2) is 0 Å². The van der Waals surface area contributed by atoms with E-state index in [1.54, 1.807) is 45.5 Å². The Balaban J connectivity index is 1.64. The van der Waals surface area contributed by atoms with Crippen molar-refractivity contribution in [3.8, 4) is 22.9 Å². The molecule has 0 aliphatic carbocycles. The van der Waals surface area contributed by atoms with Crippen LogP contribution >= 0.6 is 11.6 Å². The molecule has 0 bridgehead atoms. The molecule has 0 unspecified atom stereocenters. The number of rotatable bonds is 7. The summed E-state index contributed by atoms with van der Waals surface area (Å²) in [5, 5.41) is 4.59. The zero-order valence-electron chi connectivity index (χ0n) is 15.8. The van der Waals surface area contributed by atoms with Gasteiger partial charge in [0.25, 0.3) is 0 Å². The third-order valence-electron chi connectivity index (χ3n) is 4.17. The Bertz CT molecular complexity index is 956. The Morgan fingerprint density at radius 1 is 1.11 bits per heavy atom. The summed E-state index contributed by atoms with van der Waals surface area (Å²) in [5.74, 6) is 1.92. The molecule has 7 nitrogen and oxygen atoms in total. The van der Waals surface area contributed by atoms with Crippen molar-refractivity contribution in [2.24, 2.45) is 0 Å². The van der Waals surface area contributed by atoms with Gasteiger partial charge in [0.2, 0.25) is 17.6 Å². The fraction of sp³-hybridized carbons (Fsp3) is 0.250. The molecule has 3 aromatic rings. The van der Waals surface area contributed by atoms with Crippen molar-refractivity contribution in [3.05, 3.63) is 58.9 Å². The smallest absolute Gasteiger partial charge is 0.246 e. The molecule has 8 heteroatoms. The lowest BCUT2D eigenvalue weighted by Crippen LogP contribution is -2.27. The van der Waals surface area contributed by atoms with E-state index in [2.05, 4.69) is 10.1 Å². The average Bonchev–Trinajstić information content (AvgIpc) is 3.16. The van der Waals surface area contributed by atoms with Gasteiger partial charge in [-0.1, -0.05) is 22.8 Å². The standard InChI is InChI=1S/C20H20ClN3O4/c1-24(19(25)11-13-4-9-16(26-2)17(10-13)27-3)12-18-22-20(23-28-18)14-5-7-15(21)8-6-14/h4-10H,11-12H2,1-3H3. The predicted molar refractivity (Wildman–Crippen MR) is 104 cm³/mol. The summed E-state index contributed by atoms with van der Waals surface area (Å²) in [6.45, 7) is 0.215. The molecule has 0 N–H and O–H groups in total. The number of hydrogen-bond acceptors (Lipinski definition) is 6. The lowest BCUT2D eigenvalue weighted by atomic mass is 10.1. The van der Waals surface area contributed by atoms with Crippen molar-refractivity contribution in [3.63, 3.8) is 0 Å². The number of carbonyl (C=O) groups excluding carboxylic acids is 1. The summed E-state index contributed by atoms with van der Waals surface area (Å²) in [4.78, 5) is 18.4. The molecule has 0 radical (unpaired) electrons. The van der Waals surface area contributed by atoms with Crippen LogP contribution in [-0.2, 0) is 17.8 Å². The van der Waals surface area contributed by atoms with Gasteiger partial charge in [0.15, 0.2) is 11.5 Å². The van der Waals surface area contributed by atoms with Gasteiger partial charge in [-0.3, -0.25) is 4.79 Å². The van der Waals surface area contributed by atoms with E-state index in [-0.39, 0.29) is 18.9 Å². The molecule has 2 aromatic carbocycles. The van der Waals surface area contributed by atoms with Gasteiger partial charge in [-0.2, -0.15) is 4.98 Å². The van der Waals surface area contributed by atoms with E-state index in [0.29, 0.717) is 28.2 Å². The van der Waals surface area contributed by atoms with Crippen molar-refractivity contribution in [1.29, 1.82) is 0 Å². The molecule has 146 valence electrons. The number of methoxy groups -OCH3 is 2. The van der Waals surface area contributed by atoms with Gasteiger partial charge in [0.05, 0.1) is 27.2 Å². The van der Waals surface area contributed by atoms with Crippen LogP contribution in [0.1, 0.15) is 11.5 Å². The number of hydrogen-bond donors (Lipinski definition) is 0. The van der Waals surface area contributed by atoms with Gasteiger partial charge in [-0.15, -0.1) is 0 Å². The first-order valence-corrected chi connectivity index (χ1v) is 8.91. The Morgan fingerprint density at radius 2 is 1.82 bits per heavy atom. The van der Waals surface area contributed by atoms with Crippen LogP contribution in [0.5, 0.6) is 11.5 Å². The normalized spacial score (nSPS) is 10.6. The van der Waals surface area contributed by atoms with Crippen LogP contribution < -0.4 is 9.47 Å². The number of benzene rings is 2. The van der Waals surface area contributed by atoms with Crippen molar-refractivity contribution >= 4 is 17.5 Å². The molecule has 1 amide bonds. The molecule has 0 saturated carbocycles. The summed E-state index contributed by atoms with van der Waals surface area (Å²) in [5.41, 5.74) is 1.61. The van der Waals surface area contributed by atoms with Gasteiger partial charge in [0, 0.05) is 17.6 Å². The number of amides is 1. The minimum atomic E-state index is -0.0848. The lowest BCUT2D eigenvalue weighted by Gasteiger charge is -2.15. The van der Waals surface area contributed by atoms with Crippen molar-refractivity contribution in [2.45, 2.75) is 13.0 Å². The largest absolute Gasteiger partial charge is 0.493 e. The maximum Gasteiger partial charge on any atom is 0.246 e. The maximum absolute atomic E-state index is 12.5. The van der Waals surface area contributed by atoms with Gasteiger partial charge in [-0.05, 0) is 42.0 Å². The van der Waals surface area contributed by atoms with E-state index >= 15 is 0 Å². The SMILES string of the molecule is COc1ccc(CC(=O)N(C)Cc2nc(-c3ccc(Cl)cc3)no2)cc1OC. The second-order valence-corrected chi connectivity index (χ2v) is 6.57. The highest BCUT2D eigenvalue weighted by molar-refractivity contribution is 6.30. The molecule has 28 heavy (non-hydrogen) atoms. The minimum absolute atomic E-state index is 0.0848. The van der Waals surface area contributed by atoms with Crippen LogP contribution in [-0.4, -0.2) is 42.2 Å². The highest BCUT2D eigenvalue weighted by atomic mass is 35.5. The highest BCUT2D eigenvalue weighted by Gasteiger charge is 2.16. The first-order chi connectivity index (χ1) is 13.5. The third-order valence-corrected chi connectivity index (χ3v) is 4.42. The predicted octanol–water partition coefficient (Wildman–Crippen LogP) is 3.61. The number of likely N-dealkylation sites (N-methyl/N-ethyl adjacent to an activating group) is 1. The molecule has 0 aliphatic rings. The van der Waals surface area contributed by atoms with Crippen LogP contribution in [0.25, 0.3) is 11.4 Å². The molecule has 0 fully saturated rings. The maximum atomic E-state index is 12.5. The number of carbonyl (C=O) groups is 1. The van der Waals surface area contributed by atoms with Crippen LogP contribution in [0.4, 0.5) is 0 Å². The average molecular weight is 402 g/mol. The Hall–Kier alpha value is -3.06. The molecule has 1 aromatic heterocycles. The van der Waals surface area contributed by atoms with E-state index in [1.165, 1.54) is 4.90 Å². The molecule has 0 saturated heterocycles. The first-order valence-electron chi connectivity index (χ1n) is 8.53. The third kappa shape index (κ3) is 4.61. The van der Waals surface area contributed by atoms with Crippen molar-refractivity contribution in [1.82, 2.24) is 15.0 Å². The van der Waals surface area contributed by atoms with E-state index < -0.39 is 0 Å². The van der Waals surface area contributed by atoms with Gasteiger partial charge in [0.1, 0.15) is 0 Å². The minimum Gasteiger partial charge on any atom is -0.493 e. The van der Waals surface area contributed by atoms with Crippen molar-refractivity contribution < 1.29 is 18.8 Å². The Kier molecular flexibility index (Phi) is 6.16. The summed E-state index contributed by atoms with van der Waals surface area (Å²) in [7, 11) is 4.82. The number of halogens is 1. The summed E-state index contributed by atoms with van der Waals surface area (Å²) in [6.07, 6.45) is 0.217. The summed E-state index contributed by atoms with van der Waals surface area (Å²) >= 11 is 5.89. The number of aromatic nitrogens is 2. The topological polar surface area (TPSA) is 77.7 Å². The monoisotopic (exact) mass is 401 g/mol. The van der Waals surface area contributed by atoms with Crippen molar-refractivity contribution in [2.75, 3.05) is 21.3 Å². The fourth-order valence-corrected chi connectivity index (χ4v) is 2.75. The van der Waals surface area contributed by atoms with Crippen LogP contribution in [0.2, 0.25) is 5.02 Å². The van der Waals surface area contributed by atoms with E-state index in [1.807, 2.05) is 18.2 Å². The first kappa shape index (κ1) is 19.7. The molecule has 0 aliphatic heterocycles. The second-order valence-electron chi connectivity index (χ2n) is 6.13. The quantitative estimate of drug-likeness (QED) is 0.601. The lowest BCUT2D eigenvalue weighted by molar-refractivity contribution is -0.130. The van der Waals surface area contributed by atoms with Crippen LogP contribution in [0, 0.1) is 0 Å². The molecule has 0 spiro atoms. The van der Waals surface area contributed by atoms with E-state index in [4.69, 9.17) is 25.6 Å². The Morgan fingerprint density at radius 3 is 2.50 bits per heavy atom. The summed E-state index contributed by atoms with van der Waals surface area (Å²) < 4.78 is 15.8. The fourth-order valence-electron chi connectivity index (χ4n) is 2.63. The van der Waals surface area contributed by atoms with E-state index in [9.17, 15) is 4.79 Å². The number of ether oxygens (including phenoxy) is 2.